The third-order valence-corrected chi connectivity index (χ3v) is 12.4. The number of hydrogen-bond acceptors (Lipinski definition) is 12. The Morgan fingerprint density at radius 2 is 1.66 bits per heavy atom. The Labute approximate surface area is 386 Å². The van der Waals surface area contributed by atoms with Gasteiger partial charge in [-0.05, 0) is 94.7 Å². The van der Waals surface area contributed by atoms with E-state index in [0.29, 0.717) is 66.8 Å². The number of pyridine rings is 2. The van der Waals surface area contributed by atoms with Gasteiger partial charge in [-0.15, -0.1) is 0 Å². The predicted octanol–water partition coefficient (Wildman–Crippen LogP) is 2.28. The summed E-state index contributed by atoms with van der Waals surface area (Å²) in [7, 11) is 0. The van der Waals surface area contributed by atoms with Crippen LogP contribution in [0.5, 0.6) is 0 Å². The molecule has 2 aromatic heterocycles. The molecule has 7 rings (SSSR count). The van der Waals surface area contributed by atoms with E-state index in [1.54, 1.807) is 69.5 Å². The molecule has 1 unspecified atom stereocenters. The van der Waals surface area contributed by atoms with Crippen molar-refractivity contribution in [3.63, 3.8) is 0 Å². The minimum Gasteiger partial charge on any atom is -0.444 e. The zero-order valence-electron chi connectivity index (χ0n) is 38.4. The van der Waals surface area contributed by atoms with Crippen molar-refractivity contribution in [1.82, 2.24) is 41.5 Å². The van der Waals surface area contributed by atoms with E-state index < -0.39 is 66.3 Å². The fourth-order valence-corrected chi connectivity index (χ4v) is 8.99. The number of aryl methyl sites for hydroxylation is 1. The largest absolute Gasteiger partial charge is 0.444 e. The van der Waals surface area contributed by atoms with E-state index in [1.807, 2.05) is 6.07 Å². The maximum Gasteiger partial charge on any atom is 0.408 e. The van der Waals surface area contributed by atoms with Gasteiger partial charge < -0.3 is 56.2 Å². The highest BCUT2D eigenvalue weighted by molar-refractivity contribution is 5.94. The number of halogens is 1. The molecule has 8 N–H and O–H groups in total. The number of carbonyl (C=O) groups is 5. The number of carbonyl (C=O) groups excluding carboxylic acids is 5. The molecule has 1 aliphatic carbocycles. The zero-order chi connectivity index (χ0) is 48.2. The number of rotatable bonds is 17. The van der Waals surface area contributed by atoms with Gasteiger partial charge in [-0.25, -0.2) is 14.2 Å². The summed E-state index contributed by atoms with van der Waals surface area (Å²) in [4.78, 5) is 82.0. The van der Waals surface area contributed by atoms with Crippen LogP contribution in [0.3, 0.4) is 0 Å². The fourth-order valence-electron chi connectivity index (χ4n) is 8.99. The standard InChI is InChI=1S/C48H59FN8O10/c1-6-48(65)31-19-36-42-29(24-57(36)44(62)30(31)25-66-45(48)63)41-33(15-14-28-26(2)32(49)20-34(56-42)40(28)41)50-16-10-11-17-51-37(58)21-53-43(61)35(18-27-12-8-7-9-13-27)55-39(60)23-52-38(59)22-54-46(64)67-47(3,4)5/h7-9,12-13,19-20,33,35,45,50,63,65H,6,10-11,14-18,21-25H2,1-5H3,(H,51,58)(H,52,59)(H,53,61)(H,54,64)(H,55,60)/t33-,35-,45?,48-/m0/s1. The third-order valence-electron chi connectivity index (χ3n) is 12.4. The van der Waals surface area contributed by atoms with Crippen LogP contribution in [0.15, 0.2) is 47.3 Å². The maximum atomic E-state index is 15.3. The zero-order valence-corrected chi connectivity index (χ0v) is 38.4. The Hall–Kier alpha value is -6.28. The lowest BCUT2D eigenvalue weighted by molar-refractivity contribution is -0.236. The Morgan fingerprint density at radius 3 is 2.39 bits per heavy atom. The summed E-state index contributed by atoms with van der Waals surface area (Å²) in [6.45, 7) is 8.27. The van der Waals surface area contributed by atoms with E-state index in [0.717, 1.165) is 27.6 Å². The van der Waals surface area contributed by atoms with Gasteiger partial charge in [-0.2, -0.15) is 0 Å². The topological polar surface area (TPSA) is 251 Å². The number of alkyl carbamates (subject to hydrolysis) is 1. The van der Waals surface area contributed by atoms with Gasteiger partial charge in [0, 0.05) is 47.2 Å². The number of hydrogen-bond donors (Lipinski definition) is 8. The molecular formula is C48H59FN8O10. The lowest BCUT2D eigenvalue weighted by atomic mass is 9.81. The summed E-state index contributed by atoms with van der Waals surface area (Å²) >= 11 is 0. The molecule has 4 atom stereocenters. The highest BCUT2D eigenvalue weighted by Crippen LogP contribution is 2.46. The summed E-state index contributed by atoms with van der Waals surface area (Å²) in [5, 5.41) is 39.3. The normalized spacial score (nSPS) is 18.5. The molecule has 5 amide bonds. The second kappa shape index (κ2) is 20.3. The quantitative estimate of drug-likeness (QED) is 0.0626. The maximum absolute atomic E-state index is 15.3. The van der Waals surface area contributed by atoms with Crippen molar-refractivity contribution < 1.29 is 48.0 Å². The van der Waals surface area contributed by atoms with Gasteiger partial charge in [0.25, 0.3) is 5.56 Å². The van der Waals surface area contributed by atoms with E-state index in [2.05, 4.69) is 31.9 Å². The van der Waals surface area contributed by atoms with E-state index >= 15 is 4.39 Å². The first-order valence-electron chi connectivity index (χ1n) is 22.7. The van der Waals surface area contributed by atoms with Crippen molar-refractivity contribution in [1.29, 1.82) is 0 Å². The summed E-state index contributed by atoms with van der Waals surface area (Å²) in [5.41, 5.74) is 3.20. The van der Waals surface area contributed by atoms with Gasteiger partial charge in [0.1, 0.15) is 29.6 Å². The molecule has 3 aliphatic rings. The lowest BCUT2D eigenvalue weighted by Crippen LogP contribution is -2.52. The van der Waals surface area contributed by atoms with Crippen LogP contribution in [0.25, 0.3) is 22.3 Å². The third kappa shape index (κ3) is 10.8. The highest BCUT2D eigenvalue weighted by Gasteiger charge is 2.45. The Bertz CT molecular complexity index is 2630. The van der Waals surface area contributed by atoms with Crippen molar-refractivity contribution in [2.45, 2.75) is 116 Å². The molecule has 0 bridgehead atoms. The van der Waals surface area contributed by atoms with Gasteiger partial charge in [-0.3, -0.25) is 24.0 Å². The Balaban J connectivity index is 0.927. The number of benzene rings is 2. The van der Waals surface area contributed by atoms with Gasteiger partial charge >= 0.3 is 6.09 Å². The van der Waals surface area contributed by atoms with E-state index in [-0.39, 0.29) is 55.5 Å². The number of amides is 5. The van der Waals surface area contributed by atoms with Crippen molar-refractivity contribution in [2.24, 2.45) is 0 Å². The number of nitrogens with one attached hydrogen (secondary N) is 6. The molecule has 4 aromatic rings. The summed E-state index contributed by atoms with van der Waals surface area (Å²) < 4.78 is 27.5. The van der Waals surface area contributed by atoms with Crippen molar-refractivity contribution >= 4 is 40.6 Å². The molecule has 18 nitrogen and oxygen atoms in total. The van der Waals surface area contributed by atoms with Crippen LogP contribution in [0.4, 0.5) is 9.18 Å². The fraction of sp³-hybridized carbons (Fsp3) is 0.479. The van der Waals surface area contributed by atoms with E-state index in [9.17, 15) is 39.0 Å². The minimum absolute atomic E-state index is 0.107. The second-order valence-electron chi connectivity index (χ2n) is 18.2. The molecule has 67 heavy (non-hydrogen) atoms. The average Bonchev–Trinajstić information content (AvgIpc) is 3.66. The number of unbranched alkanes of at least 4 members (excludes halogenated alkanes) is 1. The lowest BCUT2D eigenvalue weighted by Gasteiger charge is -2.37. The molecule has 0 fully saturated rings. The second-order valence-corrected chi connectivity index (χ2v) is 18.2. The number of fused-ring (bicyclic) bond motifs is 5. The molecule has 0 spiro atoms. The Kier molecular flexibility index (Phi) is 14.7. The van der Waals surface area contributed by atoms with Gasteiger partial charge in [0.2, 0.25) is 23.6 Å². The molecule has 2 aliphatic heterocycles. The van der Waals surface area contributed by atoms with Gasteiger partial charge in [0.15, 0.2) is 6.29 Å². The van der Waals surface area contributed by atoms with Crippen molar-refractivity contribution in [3.05, 3.63) is 97.6 Å². The first kappa shape index (κ1) is 48.6. The molecule has 0 radical (unpaired) electrons. The van der Waals surface area contributed by atoms with Crippen LogP contribution in [0, 0.1) is 12.7 Å². The summed E-state index contributed by atoms with van der Waals surface area (Å²) in [5.74, 6) is -2.67. The number of aromatic nitrogens is 2. The Morgan fingerprint density at radius 1 is 0.955 bits per heavy atom. The van der Waals surface area contributed by atoms with Crippen LogP contribution >= 0.6 is 0 Å². The van der Waals surface area contributed by atoms with Crippen LogP contribution in [0.2, 0.25) is 0 Å². The first-order valence-corrected chi connectivity index (χ1v) is 22.7. The predicted molar refractivity (Wildman–Crippen MR) is 244 cm³/mol. The van der Waals surface area contributed by atoms with Crippen molar-refractivity contribution in [2.75, 3.05) is 32.7 Å². The number of ether oxygens (including phenoxy) is 2. The molecule has 0 saturated carbocycles. The molecular weight excluding hydrogens is 868 g/mol. The molecule has 0 saturated heterocycles. The number of nitrogens with zero attached hydrogens (tertiary/aromatic N) is 2. The smallest absolute Gasteiger partial charge is 0.408 e. The molecule has 19 heteroatoms. The summed E-state index contributed by atoms with van der Waals surface area (Å²) in [6, 6.07) is 10.9. The molecule has 2 aromatic carbocycles. The van der Waals surface area contributed by atoms with E-state index in [1.165, 1.54) is 6.07 Å². The van der Waals surface area contributed by atoms with E-state index in [4.69, 9.17) is 14.5 Å². The average molecular weight is 927 g/mol. The minimum atomic E-state index is -1.79. The van der Waals surface area contributed by atoms with Crippen LogP contribution in [-0.2, 0) is 60.2 Å². The number of aliphatic hydroxyl groups is 2. The van der Waals surface area contributed by atoms with Gasteiger partial charge in [0.05, 0.1) is 43.1 Å². The summed E-state index contributed by atoms with van der Waals surface area (Å²) in [6.07, 6.45) is 0.508. The molecule has 358 valence electrons. The van der Waals surface area contributed by atoms with Crippen LogP contribution in [0.1, 0.15) is 98.4 Å². The van der Waals surface area contributed by atoms with Crippen LogP contribution < -0.4 is 37.5 Å². The SMILES string of the molecule is CC[C@]1(O)c2cc3n(c(=O)c2COC1O)Cc1c-3nc2cc(F)c(C)c3c2c1[C@@H](NCCCCNC(=O)CNC(=O)[C@H](Cc1ccccc1)NC(=O)CNC(=O)CNC(=O)OC(C)(C)C)CC3. The van der Waals surface area contributed by atoms with Crippen molar-refractivity contribution in [3.8, 4) is 11.4 Å². The molecule has 4 heterocycles. The first-order chi connectivity index (χ1) is 31.9. The van der Waals surface area contributed by atoms with Gasteiger partial charge in [-0.1, -0.05) is 37.3 Å². The highest BCUT2D eigenvalue weighted by atomic mass is 19.1. The van der Waals surface area contributed by atoms with Crippen LogP contribution in [-0.4, -0.2) is 100 Å². The number of aliphatic hydroxyl groups excluding tert-OH is 1. The monoisotopic (exact) mass is 926 g/mol.